The number of non-ortho nitro benzene ring substituents is 1. The number of carbonyl (C=O) groups excluding carboxylic acids is 2. The summed E-state index contributed by atoms with van der Waals surface area (Å²) in [6.45, 7) is 1.43. The molecule has 0 aromatic heterocycles. The van der Waals surface area contributed by atoms with Crippen LogP contribution in [-0.2, 0) is 14.3 Å². The Morgan fingerprint density at radius 2 is 1.93 bits per heavy atom. The lowest BCUT2D eigenvalue weighted by molar-refractivity contribution is -0.384. The van der Waals surface area contributed by atoms with Crippen LogP contribution in [0.3, 0.4) is 0 Å². The quantitative estimate of drug-likeness (QED) is 0.354. The number of hydrogen-bond donors (Lipinski definition) is 1. The second kappa shape index (κ2) is 8.09. The van der Waals surface area contributed by atoms with Crippen LogP contribution in [0.5, 0.6) is 0 Å². The molecule has 1 aliphatic heterocycles. The first-order valence-electron chi connectivity index (χ1n) is 7.61. The Morgan fingerprint density at radius 3 is 2.44 bits per heavy atom. The summed E-state index contributed by atoms with van der Waals surface area (Å²) in [5.74, 6) is -3.13. The highest BCUT2D eigenvalue weighted by Crippen LogP contribution is 2.27. The van der Waals surface area contributed by atoms with Crippen LogP contribution in [0.1, 0.15) is 23.7 Å². The third-order valence-electron chi connectivity index (χ3n) is 3.79. The highest BCUT2D eigenvalue weighted by molar-refractivity contribution is 6.19. The molecular weight excluding hydrogens is 397 g/mol. The van der Waals surface area contributed by atoms with Crippen molar-refractivity contribution in [1.82, 2.24) is 5.32 Å². The van der Waals surface area contributed by atoms with E-state index in [-0.39, 0.29) is 17.7 Å². The van der Waals surface area contributed by atoms with Gasteiger partial charge in [-0.15, -0.1) is 0 Å². The van der Waals surface area contributed by atoms with E-state index < -0.39 is 46.8 Å². The Bertz CT molecular complexity index is 727. The van der Waals surface area contributed by atoms with Crippen molar-refractivity contribution in [3.05, 3.63) is 39.9 Å². The first-order chi connectivity index (χ1) is 12.5. The summed E-state index contributed by atoms with van der Waals surface area (Å²) in [5.41, 5.74) is -1.28. The van der Waals surface area contributed by atoms with Crippen molar-refractivity contribution >= 4 is 29.2 Å². The molecule has 2 rings (SSSR count). The summed E-state index contributed by atoms with van der Waals surface area (Å²) in [7, 11) is 0. The standard InChI is InChI=1S/C15H14ClF3N2O6/c1-7-12(10(6-11(16)26-7)20-14(23)15(17,18)19)27-13(22)8-2-4-9(5-3-8)21(24)25/h2-5,7,10-12H,6H2,1H3,(H,20,23)/t7-,10+,11+,12+/m1/s1. The molecule has 4 atom stereocenters. The SMILES string of the molecule is C[C@H]1O[C@H](Cl)C[C@H](NC(=O)C(F)(F)F)[C@H]1OC(=O)c1ccc([N+](=O)[O-])cc1. The molecule has 1 amide bonds. The molecule has 1 N–H and O–H groups in total. The van der Waals surface area contributed by atoms with Gasteiger partial charge in [-0.2, -0.15) is 13.2 Å². The number of rotatable bonds is 4. The van der Waals surface area contributed by atoms with E-state index in [1.807, 2.05) is 0 Å². The van der Waals surface area contributed by atoms with Crippen molar-refractivity contribution in [2.45, 2.75) is 43.3 Å². The van der Waals surface area contributed by atoms with Crippen molar-refractivity contribution in [1.29, 1.82) is 0 Å². The normalized spacial score (nSPS) is 25.5. The van der Waals surface area contributed by atoms with Gasteiger partial charge in [-0.25, -0.2) is 4.79 Å². The number of halogens is 4. The van der Waals surface area contributed by atoms with E-state index in [1.54, 1.807) is 5.32 Å². The van der Waals surface area contributed by atoms with Crippen molar-refractivity contribution in [2.75, 3.05) is 0 Å². The van der Waals surface area contributed by atoms with Crippen molar-refractivity contribution in [3.63, 3.8) is 0 Å². The molecule has 1 heterocycles. The average Bonchev–Trinajstić information content (AvgIpc) is 2.56. The summed E-state index contributed by atoms with van der Waals surface area (Å²) < 4.78 is 48.0. The molecule has 0 unspecified atom stereocenters. The Morgan fingerprint density at radius 1 is 1.33 bits per heavy atom. The van der Waals surface area contributed by atoms with Gasteiger partial charge in [0.25, 0.3) is 5.69 Å². The summed E-state index contributed by atoms with van der Waals surface area (Å²) in [5, 5.41) is 12.4. The number of nitrogens with zero attached hydrogens (tertiary/aromatic N) is 1. The molecule has 0 saturated carbocycles. The fraction of sp³-hybridized carbons (Fsp3) is 0.467. The summed E-state index contributed by atoms with van der Waals surface area (Å²) in [6.07, 6.45) is -7.47. The fourth-order valence-electron chi connectivity index (χ4n) is 2.51. The van der Waals surface area contributed by atoms with Gasteiger partial charge < -0.3 is 14.8 Å². The predicted molar refractivity (Wildman–Crippen MR) is 85.1 cm³/mol. The van der Waals surface area contributed by atoms with Crippen molar-refractivity contribution < 1.29 is 37.2 Å². The molecule has 0 spiro atoms. The monoisotopic (exact) mass is 410 g/mol. The average molecular weight is 411 g/mol. The Labute approximate surface area is 155 Å². The van der Waals surface area contributed by atoms with Gasteiger partial charge in [-0.1, -0.05) is 11.6 Å². The van der Waals surface area contributed by atoms with Crippen LogP contribution in [0, 0.1) is 10.1 Å². The molecule has 12 heteroatoms. The third kappa shape index (κ3) is 5.30. The summed E-state index contributed by atoms with van der Waals surface area (Å²) >= 11 is 5.81. The zero-order chi connectivity index (χ0) is 20.4. The molecule has 1 aliphatic rings. The molecule has 0 radical (unpaired) electrons. The number of benzene rings is 1. The maximum Gasteiger partial charge on any atom is 0.471 e. The van der Waals surface area contributed by atoms with E-state index in [1.165, 1.54) is 6.92 Å². The lowest BCUT2D eigenvalue weighted by atomic mass is 10.00. The minimum atomic E-state index is -5.11. The van der Waals surface area contributed by atoms with Crippen LogP contribution in [-0.4, -0.2) is 46.8 Å². The van der Waals surface area contributed by atoms with Gasteiger partial charge in [-0.05, 0) is 19.1 Å². The molecule has 1 aromatic rings. The smallest absolute Gasteiger partial charge is 0.454 e. The van der Waals surface area contributed by atoms with E-state index in [0.717, 1.165) is 24.3 Å². The molecule has 0 aliphatic carbocycles. The number of hydrogen-bond acceptors (Lipinski definition) is 6. The topological polar surface area (TPSA) is 108 Å². The number of nitro groups is 1. The number of alkyl halides is 4. The van der Waals surface area contributed by atoms with Gasteiger partial charge in [0.2, 0.25) is 0 Å². The fourth-order valence-corrected chi connectivity index (χ4v) is 2.86. The van der Waals surface area contributed by atoms with Gasteiger partial charge in [0, 0.05) is 18.6 Å². The number of nitrogens with one attached hydrogen (secondary N) is 1. The molecule has 1 fully saturated rings. The number of amides is 1. The Hall–Kier alpha value is -2.40. The molecule has 27 heavy (non-hydrogen) atoms. The molecule has 148 valence electrons. The number of carbonyl (C=O) groups is 2. The van der Waals surface area contributed by atoms with E-state index in [4.69, 9.17) is 21.1 Å². The van der Waals surface area contributed by atoms with Crippen LogP contribution in [0.15, 0.2) is 24.3 Å². The van der Waals surface area contributed by atoms with Crippen LogP contribution in [0.4, 0.5) is 18.9 Å². The van der Waals surface area contributed by atoms with E-state index in [9.17, 15) is 32.9 Å². The minimum Gasteiger partial charge on any atom is -0.454 e. The highest BCUT2D eigenvalue weighted by Gasteiger charge is 2.45. The summed E-state index contributed by atoms with van der Waals surface area (Å²) in [4.78, 5) is 33.4. The van der Waals surface area contributed by atoms with Crippen LogP contribution in [0.2, 0.25) is 0 Å². The Kier molecular flexibility index (Phi) is 6.26. The second-order valence-corrected chi connectivity index (χ2v) is 6.23. The third-order valence-corrected chi connectivity index (χ3v) is 4.07. The van der Waals surface area contributed by atoms with Gasteiger partial charge in [0.15, 0.2) is 0 Å². The number of ether oxygens (including phenoxy) is 2. The van der Waals surface area contributed by atoms with Gasteiger partial charge in [0.05, 0.1) is 22.6 Å². The zero-order valence-electron chi connectivity index (χ0n) is 13.7. The maximum atomic E-state index is 12.5. The van der Waals surface area contributed by atoms with Gasteiger partial charge in [-0.3, -0.25) is 14.9 Å². The van der Waals surface area contributed by atoms with Crippen LogP contribution >= 0.6 is 11.6 Å². The molecule has 1 saturated heterocycles. The maximum absolute atomic E-state index is 12.5. The van der Waals surface area contributed by atoms with Crippen molar-refractivity contribution in [2.24, 2.45) is 0 Å². The number of nitro benzene ring substituents is 1. The lowest BCUT2D eigenvalue weighted by Crippen LogP contribution is -2.57. The van der Waals surface area contributed by atoms with E-state index >= 15 is 0 Å². The molecule has 0 bridgehead atoms. The zero-order valence-corrected chi connectivity index (χ0v) is 14.5. The molecule has 8 nitrogen and oxygen atoms in total. The summed E-state index contributed by atoms with van der Waals surface area (Å²) in [6, 6.07) is 3.21. The first kappa shape index (κ1) is 20.9. The van der Waals surface area contributed by atoms with Crippen LogP contribution in [0.25, 0.3) is 0 Å². The largest absolute Gasteiger partial charge is 0.471 e. The number of esters is 1. The molecular formula is C15H14ClF3N2O6. The minimum absolute atomic E-state index is 0.0540. The van der Waals surface area contributed by atoms with Gasteiger partial charge in [0.1, 0.15) is 11.7 Å². The second-order valence-electron chi connectivity index (χ2n) is 5.74. The van der Waals surface area contributed by atoms with Gasteiger partial charge >= 0.3 is 18.1 Å². The van der Waals surface area contributed by atoms with E-state index in [0.29, 0.717) is 0 Å². The van der Waals surface area contributed by atoms with Crippen LogP contribution < -0.4 is 5.32 Å². The Balaban J connectivity index is 2.15. The van der Waals surface area contributed by atoms with Crippen molar-refractivity contribution in [3.8, 4) is 0 Å². The van der Waals surface area contributed by atoms with E-state index in [2.05, 4.69) is 0 Å². The predicted octanol–water partition coefficient (Wildman–Crippen LogP) is 2.54. The first-order valence-corrected chi connectivity index (χ1v) is 8.05. The lowest BCUT2D eigenvalue weighted by Gasteiger charge is -2.38. The molecule has 1 aromatic carbocycles. The highest BCUT2D eigenvalue weighted by atomic mass is 35.5.